The summed E-state index contributed by atoms with van der Waals surface area (Å²) in [5.41, 5.74) is 1.72. The topological polar surface area (TPSA) is 46.1 Å². The van der Waals surface area contributed by atoms with E-state index in [4.69, 9.17) is 4.98 Å². The second-order valence-corrected chi connectivity index (χ2v) is 6.91. The first-order chi connectivity index (χ1) is 11.3. The average molecular weight is 323 g/mol. The summed E-state index contributed by atoms with van der Waals surface area (Å²) in [6.45, 7) is 1.56. The lowest BCUT2D eigenvalue weighted by Gasteiger charge is -2.31. The molecule has 0 bridgehead atoms. The van der Waals surface area contributed by atoms with Crippen molar-refractivity contribution < 1.29 is 4.79 Å². The molecule has 4 rings (SSSR count). The Kier molecular flexibility index (Phi) is 3.79. The molecule has 0 aliphatic carbocycles. The van der Waals surface area contributed by atoms with E-state index in [2.05, 4.69) is 17.1 Å². The third-order valence-electron chi connectivity index (χ3n) is 4.28. The van der Waals surface area contributed by atoms with Gasteiger partial charge in [-0.3, -0.25) is 9.78 Å². The van der Waals surface area contributed by atoms with E-state index in [1.165, 1.54) is 4.70 Å². The fourth-order valence-electron chi connectivity index (χ4n) is 3.10. The fraction of sp³-hybridized carbons (Fsp3) is 0.278. The number of amides is 1. The van der Waals surface area contributed by atoms with Crippen LogP contribution in [0.15, 0.2) is 48.8 Å². The molecular weight excluding hydrogens is 306 g/mol. The Hall–Kier alpha value is -2.27. The zero-order valence-electron chi connectivity index (χ0n) is 12.7. The first kappa shape index (κ1) is 14.3. The monoisotopic (exact) mass is 323 g/mol. The molecule has 0 unspecified atom stereocenters. The summed E-state index contributed by atoms with van der Waals surface area (Å²) in [4.78, 5) is 23.4. The predicted molar refractivity (Wildman–Crippen MR) is 91.7 cm³/mol. The number of nitrogens with zero attached hydrogens (tertiary/aromatic N) is 3. The lowest BCUT2D eigenvalue weighted by Crippen LogP contribution is -2.39. The van der Waals surface area contributed by atoms with Crippen molar-refractivity contribution in [2.75, 3.05) is 13.1 Å². The Bertz CT molecular complexity index is 797. The summed E-state index contributed by atoms with van der Waals surface area (Å²) in [7, 11) is 0. The van der Waals surface area contributed by atoms with Crippen LogP contribution in [0.5, 0.6) is 0 Å². The number of hydrogen-bond acceptors (Lipinski definition) is 4. The average Bonchev–Trinajstić information content (AvgIpc) is 3.06. The van der Waals surface area contributed by atoms with Crippen LogP contribution in [-0.4, -0.2) is 33.9 Å². The van der Waals surface area contributed by atoms with Crippen LogP contribution in [-0.2, 0) is 0 Å². The third kappa shape index (κ3) is 2.84. The van der Waals surface area contributed by atoms with Gasteiger partial charge >= 0.3 is 0 Å². The van der Waals surface area contributed by atoms with Gasteiger partial charge in [0.15, 0.2) is 0 Å². The van der Waals surface area contributed by atoms with E-state index in [9.17, 15) is 4.79 Å². The van der Waals surface area contributed by atoms with Gasteiger partial charge in [0.05, 0.1) is 20.8 Å². The van der Waals surface area contributed by atoms with Crippen LogP contribution in [0.25, 0.3) is 10.2 Å². The van der Waals surface area contributed by atoms with Crippen molar-refractivity contribution in [2.24, 2.45) is 0 Å². The third-order valence-corrected chi connectivity index (χ3v) is 5.48. The molecule has 4 nitrogen and oxygen atoms in total. The van der Waals surface area contributed by atoms with Gasteiger partial charge in [-0.1, -0.05) is 12.1 Å². The molecule has 3 aromatic rings. The van der Waals surface area contributed by atoms with Crippen molar-refractivity contribution in [3.05, 3.63) is 59.4 Å². The molecule has 1 aliphatic heterocycles. The van der Waals surface area contributed by atoms with Crippen molar-refractivity contribution in [1.29, 1.82) is 0 Å². The van der Waals surface area contributed by atoms with Crippen LogP contribution in [0, 0.1) is 0 Å². The Morgan fingerprint density at radius 2 is 2.13 bits per heavy atom. The molecule has 23 heavy (non-hydrogen) atoms. The number of fused-ring (bicyclic) bond motifs is 1. The minimum Gasteiger partial charge on any atom is -0.338 e. The molecule has 2 aromatic heterocycles. The Balaban J connectivity index is 1.56. The molecule has 3 heterocycles. The van der Waals surface area contributed by atoms with E-state index < -0.39 is 0 Å². The first-order valence-corrected chi connectivity index (χ1v) is 8.68. The maximum atomic E-state index is 12.6. The number of hydrogen-bond donors (Lipinski definition) is 0. The number of pyridine rings is 1. The van der Waals surface area contributed by atoms with Gasteiger partial charge in [0.1, 0.15) is 0 Å². The van der Waals surface area contributed by atoms with Gasteiger partial charge in [0.2, 0.25) is 0 Å². The SMILES string of the molecule is O=C(c1cccnc1)N1CCC[C@@H](c2nc3ccccc3s2)C1. The molecule has 1 fully saturated rings. The smallest absolute Gasteiger partial charge is 0.255 e. The predicted octanol–water partition coefficient (Wildman–Crippen LogP) is 3.71. The van der Waals surface area contributed by atoms with Crippen LogP contribution in [0.2, 0.25) is 0 Å². The highest BCUT2D eigenvalue weighted by atomic mass is 32.1. The van der Waals surface area contributed by atoms with E-state index >= 15 is 0 Å². The molecule has 0 spiro atoms. The van der Waals surface area contributed by atoms with Crippen LogP contribution < -0.4 is 0 Å². The van der Waals surface area contributed by atoms with Gasteiger partial charge in [0, 0.05) is 31.4 Å². The molecule has 0 N–H and O–H groups in total. The van der Waals surface area contributed by atoms with E-state index in [1.54, 1.807) is 23.7 Å². The van der Waals surface area contributed by atoms with Gasteiger partial charge in [-0.2, -0.15) is 0 Å². The number of carbonyl (C=O) groups is 1. The zero-order chi connectivity index (χ0) is 15.6. The summed E-state index contributed by atoms with van der Waals surface area (Å²) in [5.74, 6) is 0.408. The summed E-state index contributed by atoms with van der Waals surface area (Å²) in [6.07, 6.45) is 5.45. The highest BCUT2D eigenvalue weighted by Gasteiger charge is 2.27. The molecular formula is C18H17N3OS. The van der Waals surface area contributed by atoms with Crippen LogP contribution in [0.4, 0.5) is 0 Å². The lowest BCUT2D eigenvalue weighted by atomic mass is 9.98. The number of benzene rings is 1. The van der Waals surface area contributed by atoms with Crippen molar-refractivity contribution >= 4 is 27.5 Å². The minimum atomic E-state index is 0.0731. The number of para-hydroxylation sites is 1. The van der Waals surface area contributed by atoms with Crippen LogP contribution in [0.1, 0.15) is 34.1 Å². The van der Waals surface area contributed by atoms with Gasteiger partial charge in [-0.05, 0) is 37.1 Å². The van der Waals surface area contributed by atoms with Crippen molar-refractivity contribution in [1.82, 2.24) is 14.9 Å². The minimum absolute atomic E-state index is 0.0731. The maximum Gasteiger partial charge on any atom is 0.255 e. The number of thiazole rings is 1. The molecule has 5 heteroatoms. The standard InChI is InChI=1S/C18H17N3OS/c22-18(13-5-3-9-19-11-13)21-10-4-6-14(12-21)17-20-15-7-1-2-8-16(15)23-17/h1-3,5,7-9,11,14H,4,6,10,12H2/t14-/m1/s1. The van der Waals surface area contributed by atoms with E-state index in [0.717, 1.165) is 36.5 Å². The van der Waals surface area contributed by atoms with Gasteiger partial charge in [-0.25, -0.2) is 4.98 Å². The molecule has 0 radical (unpaired) electrons. The Labute approximate surface area is 138 Å². The van der Waals surface area contributed by atoms with Gasteiger partial charge < -0.3 is 4.90 Å². The van der Waals surface area contributed by atoms with Crippen molar-refractivity contribution in [2.45, 2.75) is 18.8 Å². The molecule has 1 aromatic carbocycles. The fourth-order valence-corrected chi connectivity index (χ4v) is 4.19. The molecule has 1 aliphatic rings. The number of aromatic nitrogens is 2. The highest BCUT2D eigenvalue weighted by Crippen LogP contribution is 2.33. The van der Waals surface area contributed by atoms with E-state index in [0.29, 0.717) is 11.5 Å². The van der Waals surface area contributed by atoms with Crippen molar-refractivity contribution in [3.8, 4) is 0 Å². The summed E-state index contributed by atoms with van der Waals surface area (Å²) < 4.78 is 1.22. The zero-order valence-corrected chi connectivity index (χ0v) is 13.5. The lowest BCUT2D eigenvalue weighted by molar-refractivity contribution is 0.0706. The van der Waals surface area contributed by atoms with Gasteiger partial charge in [-0.15, -0.1) is 11.3 Å². The molecule has 1 amide bonds. The number of rotatable bonds is 2. The quantitative estimate of drug-likeness (QED) is 0.722. The maximum absolute atomic E-state index is 12.6. The van der Waals surface area contributed by atoms with Crippen molar-refractivity contribution in [3.63, 3.8) is 0 Å². The van der Waals surface area contributed by atoms with Gasteiger partial charge in [0.25, 0.3) is 5.91 Å². The normalized spacial score (nSPS) is 18.3. The summed E-state index contributed by atoms with van der Waals surface area (Å²) in [6, 6.07) is 11.9. The first-order valence-electron chi connectivity index (χ1n) is 7.86. The second-order valence-electron chi connectivity index (χ2n) is 5.85. The number of likely N-dealkylation sites (tertiary alicyclic amines) is 1. The molecule has 1 atom stereocenters. The highest BCUT2D eigenvalue weighted by molar-refractivity contribution is 7.18. The van der Waals surface area contributed by atoms with Crippen LogP contribution in [0.3, 0.4) is 0 Å². The molecule has 116 valence electrons. The molecule has 0 saturated carbocycles. The van der Waals surface area contributed by atoms with E-state index in [1.807, 2.05) is 29.2 Å². The van der Waals surface area contributed by atoms with E-state index in [-0.39, 0.29) is 5.91 Å². The Morgan fingerprint density at radius 3 is 2.96 bits per heavy atom. The number of piperidine rings is 1. The summed E-state index contributed by atoms with van der Waals surface area (Å²) >= 11 is 1.75. The second kappa shape index (κ2) is 6.08. The van der Waals surface area contributed by atoms with Crippen LogP contribution >= 0.6 is 11.3 Å². The molecule has 1 saturated heterocycles. The summed E-state index contributed by atoms with van der Waals surface area (Å²) in [5, 5.41) is 1.15. The largest absolute Gasteiger partial charge is 0.338 e. The number of carbonyl (C=O) groups excluding carboxylic acids is 1. The Morgan fingerprint density at radius 1 is 1.22 bits per heavy atom.